The number of nitrogens with zero attached hydrogens (tertiary/aromatic N) is 2. The molecule has 8 nitrogen and oxygen atoms in total. The number of hydrogen-bond donors (Lipinski definition) is 1. The Bertz CT molecular complexity index is 743. The second-order valence-electron chi connectivity index (χ2n) is 6.39. The topological polar surface area (TPSA) is 102 Å². The molecule has 146 valence electrons. The fourth-order valence-corrected chi connectivity index (χ4v) is 4.38. The summed E-state index contributed by atoms with van der Waals surface area (Å²) in [7, 11) is -0.860. The minimum atomic E-state index is -3.76. The van der Waals surface area contributed by atoms with Crippen molar-refractivity contribution in [2.75, 3.05) is 40.4 Å². The number of carbonyl (C=O) groups excluding carboxylic acids is 1. The predicted molar refractivity (Wildman–Crippen MR) is 97.7 cm³/mol. The lowest BCUT2D eigenvalue weighted by Gasteiger charge is -2.36. The molecule has 1 aliphatic heterocycles. The van der Waals surface area contributed by atoms with Gasteiger partial charge in [-0.2, -0.15) is 4.31 Å². The Kier molecular flexibility index (Phi) is 6.48. The first kappa shape index (κ1) is 20.5. The highest BCUT2D eigenvalue weighted by Crippen LogP contribution is 2.31. The van der Waals surface area contributed by atoms with Crippen LogP contribution in [-0.2, 0) is 14.8 Å². The van der Waals surface area contributed by atoms with Gasteiger partial charge in [-0.25, -0.2) is 8.42 Å². The molecule has 1 aromatic carbocycles. The van der Waals surface area contributed by atoms with Crippen LogP contribution in [0.3, 0.4) is 0 Å². The highest BCUT2D eigenvalue weighted by molar-refractivity contribution is 7.89. The molecule has 1 fully saturated rings. The van der Waals surface area contributed by atoms with Gasteiger partial charge in [0, 0.05) is 38.3 Å². The molecule has 9 heteroatoms. The van der Waals surface area contributed by atoms with Gasteiger partial charge in [0.2, 0.25) is 15.9 Å². The first-order chi connectivity index (χ1) is 12.2. The van der Waals surface area contributed by atoms with E-state index in [1.165, 1.54) is 24.6 Å². The monoisotopic (exact) mass is 385 g/mol. The van der Waals surface area contributed by atoms with E-state index in [4.69, 9.17) is 15.2 Å². The molecule has 0 saturated carbocycles. The third-order valence-electron chi connectivity index (χ3n) is 4.72. The Balaban J connectivity index is 2.17. The Hall–Kier alpha value is -1.84. The maximum absolute atomic E-state index is 13.0. The van der Waals surface area contributed by atoms with E-state index in [0.29, 0.717) is 18.8 Å². The molecule has 1 aromatic rings. The van der Waals surface area contributed by atoms with Crippen LogP contribution in [0.15, 0.2) is 23.1 Å². The lowest BCUT2D eigenvalue weighted by molar-refractivity contribution is -0.136. The smallest absolute Gasteiger partial charge is 0.247 e. The van der Waals surface area contributed by atoms with E-state index in [9.17, 15) is 13.2 Å². The molecule has 0 radical (unpaired) electrons. The number of sulfonamides is 1. The summed E-state index contributed by atoms with van der Waals surface area (Å²) in [5.41, 5.74) is 5.80. The Morgan fingerprint density at radius 1 is 1.12 bits per heavy atom. The van der Waals surface area contributed by atoms with Crippen molar-refractivity contribution in [3.63, 3.8) is 0 Å². The van der Waals surface area contributed by atoms with Gasteiger partial charge >= 0.3 is 0 Å². The number of carbonyl (C=O) groups is 1. The standard InChI is InChI=1S/C17H27N3O5S/c1-12(13(2)18)17(21)19-7-9-20(10-8-19)26(22,23)16-11-14(24-3)5-6-15(16)25-4/h5-6,11-13H,7-10,18H2,1-4H3. The molecule has 2 atom stereocenters. The van der Waals surface area contributed by atoms with Crippen molar-refractivity contribution in [1.29, 1.82) is 0 Å². The Morgan fingerprint density at radius 2 is 1.73 bits per heavy atom. The van der Waals surface area contributed by atoms with Crippen LogP contribution in [0.25, 0.3) is 0 Å². The van der Waals surface area contributed by atoms with Crippen molar-refractivity contribution in [2.45, 2.75) is 24.8 Å². The van der Waals surface area contributed by atoms with Gasteiger partial charge in [-0.15, -0.1) is 0 Å². The number of ether oxygens (including phenoxy) is 2. The molecule has 2 unspecified atom stereocenters. The SMILES string of the molecule is COc1ccc(OC)c(S(=O)(=O)N2CCN(C(=O)C(C)C(C)N)CC2)c1. The van der Waals surface area contributed by atoms with Gasteiger partial charge in [0.15, 0.2) is 0 Å². The highest BCUT2D eigenvalue weighted by atomic mass is 32.2. The van der Waals surface area contributed by atoms with Crippen molar-refractivity contribution in [3.8, 4) is 11.5 Å². The first-order valence-electron chi connectivity index (χ1n) is 8.49. The molecule has 0 aliphatic carbocycles. The molecule has 0 spiro atoms. The molecule has 1 heterocycles. The van der Waals surface area contributed by atoms with E-state index >= 15 is 0 Å². The average molecular weight is 385 g/mol. The van der Waals surface area contributed by atoms with Gasteiger partial charge in [-0.1, -0.05) is 6.92 Å². The fourth-order valence-electron chi connectivity index (χ4n) is 2.79. The summed E-state index contributed by atoms with van der Waals surface area (Å²) < 4.78 is 37.7. The van der Waals surface area contributed by atoms with E-state index < -0.39 is 10.0 Å². The zero-order valence-corrected chi connectivity index (χ0v) is 16.5. The van der Waals surface area contributed by atoms with Crippen molar-refractivity contribution < 1.29 is 22.7 Å². The number of amides is 1. The van der Waals surface area contributed by atoms with Crippen molar-refractivity contribution in [2.24, 2.45) is 11.7 Å². The zero-order valence-electron chi connectivity index (χ0n) is 15.6. The third-order valence-corrected chi connectivity index (χ3v) is 6.64. The van der Waals surface area contributed by atoms with Crippen LogP contribution in [-0.4, -0.2) is 70.0 Å². The number of benzene rings is 1. The summed E-state index contributed by atoms with van der Waals surface area (Å²) in [6.07, 6.45) is 0. The maximum Gasteiger partial charge on any atom is 0.247 e. The lowest BCUT2D eigenvalue weighted by Crippen LogP contribution is -2.53. The lowest BCUT2D eigenvalue weighted by atomic mass is 10.0. The maximum atomic E-state index is 13.0. The number of methoxy groups -OCH3 is 2. The van der Waals surface area contributed by atoms with Crippen molar-refractivity contribution in [1.82, 2.24) is 9.21 Å². The van der Waals surface area contributed by atoms with Gasteiger partial charge in [-0.3, -0.25) is 4.79 Å². The number of nitrogens with two attached hydrogens (primary N) is 1. The summed E-state index contributed by atoms with van der Waals surface area (Å²) in [5, 5.41) is 0. The van der Waals surface area contributed by atoms with Crippen LogP contribution in [0.1, 0.15) is 13.8 Å². The van der Waals surface area contributed by atoms with E-state index in [1.54, 1.807) is 30.9 Å². The largest absolute Gasteiger partial charge is 0.497 e. The van der Waals surface area contributed by atoms with Crippen molar-refractivity contribution >= 4 is 15.9 Å². The van der Waals surface area contributed by atoms with E-state index in [1.807, 2.05) is 0 Å². The first-order valence-corrected chi connectivity index (χ1v) is 9.93. The van der Waals surface area contributed by atoms with E-state index in [-0.39, 0.29) is 41.6 Å². The van der Waals surface area contributed by atoms with Gasteiger partial charge in [0.25, 0.3) is 0 Å². The predicted octanol–water partition coefficient (Wildman–Crippen LogP) is 0.520. The van der Waals surface area contributed by atoms with Crippen LogP contribution in [0.4, 0.5) is 0 Å². The minimum absolute atomic E-state index is 0.0454. The molecule has 1 aliphatic rings. The van der Waals surface area contributed by atoms with Gasteiger partial charge < -0.3 is 20.1 Å². The number of rotatable bonds is 6. The molecule has 1 amide bonds. The quantitative estimate of drug-likeness (QED) is 0.766. The molecule has 0 aromatic heterocycles. The van der Waals surface area contributed by atoms with Crippen LogP contribution < -0.4 is 15.2 Å². The molecule has 0 bridgehead atoms. The minimum Gasteiger partial charge on any atom is -0.497 e. The normalized spacial score (nSPS) is 18.3. The average Bonchev–Trinajstić information content (AvgIpc) is 2.66. The summed E-state index contributed by atoms with van der Waals surface area (Å²) in [5.74, 6) is 0.353. The van der Waals surface area contributed by atoms with Crippen LogP contribution in [0.5, 0.6) is 11.5 Å². The highest BCUT2D eigenvalue weighted by Gasteiger charge is 2.33. The second-order valence-corrected chi connectivity index (χ2v) is 8.30. The van der Waals surface area contributed by atoms with Crippen LogP contribution >= 0.6 is 0 Å². The molecule has 2 rings (SSSR count). The second kappa shape index (κ2) is 8.24. The van der Waals surface area contributed by atoms with Gasteiger partial charge in [0.1, 0.15) is 16.4 Å². The van der Waals surface area contributed by atoms with E-state index in [0.717, 1.165) is 0 Å². The number of piperazine rings is 1. The zero-order chi connectivity index (χ0) is 19.5. The molecule has 1 saturated heterocycles. The summed E-state index contributed by atoms with van der Waals surface area (Å²) in [6.45, 7) is 4.69. The number of hydrogen-bond acceptors (Lipinski definition) is 6. The Morgan fingerprint density at radius 3 is 2.23 bits per heavy atom. The van der Waals surface area contributed by atoms with Crippen molar-refractivity contribution in [3.05, 3.63) is 18.2 Å². The van der Waals surface area contributed by atoms with Crippen LogP contribution in [0, 0.1) is 5.92 Å². The summed E-state index contributed by atoms with van der Waals surface area (Å²) in [6, 6.07) is 4.41. The third kappa shape index (κ3) is 4.11. The molecule has 2 N–H and O–H groups in total. The van der Waals surface area contributed by atoms with Gasteiger partial charge in [0.05, 0.1) is 20.1 Å². The summed E-state index contributed by atoms with van der Waals surface area (Å²) >= 11 is 0. The van der Waals surface area contributed by atoms with Crippen LogP contribution in [0.2, 0.25) is 0 Å². The molecular weight excluding hydrogens is 358 g/mol. The van der Waals surface area contributed by atoms with Gasteiger partial charge in [-0.05, 0) is 19.1 Å². The van der Waals surface area contributed by atoms with E-state index in [2.05, 4.69) is 0 Å². The summed E-state index contributed by atoms with van der Waals surface area (Å²) in [4.78, 5) is 14.1. The molecule has 26 heavy (non-hydrogen) atoms. The molecular formula is C17H27N3O5S. The fraction of sp³-hybridized carbons (Fsp3) is 0.588. The Labute approximate surface area is 154 Å².